The zero-order valence-electron chi connectivity index (χ0n) is 13.9. The van der Waals surface area contributed by atoms with Crippen molar-refractivity contribution in [2.45, 2.75) is 25.5 Å². The maximum atomic E-state index is 12.7. The molecule has 2 aromatic rings. The molecule has 0 spiro atoms. The van der Waals surface area contributed by atoms with Crippen LogP contribution in [-0.4, -0.2) is 35.2 Å². The zero-order chi connectivity index (χ0) is 17.5. The number of hydrogen-bond acceptors (Lipinski definition) is 4. The van der Waals surface area contributed by atoms with Crippen molar-refractivity contribution in [1.82, 2.24) is 9.88 Å². The lowest BCUT2D eigenvalue weighted by Crippen LogP contribution is -2.39. The summed E-state index contributed by atoms with van der Waals surface area (Å²) >= 11 is 0. The maximum absolute atomic E-state index is 12.7. The second-order valence-corrected chi connectivity index (χ2v) is 5.99. The predicted octanol–water partition coefficient (Wildman–Crippen LogP) is 3.17. The molecule has 25 heavy (non-hydrogen) atoms. The molecule has 128 valence electrons. The Morgan fingerprint density at radius 3 is 2.68 bits per heavy atom. The number of pyridine rings is 1. The van der Waals surface area contributed by atoms with Gasteiger partial charge in [0.05, 0.1) is 17.7 Å². The van der Waals surface area contributed by atoms with Crippen LogP contribution in [0.1, 0.15) is 24.0 Å². The predicted molar refractivity (Wildman–Crippen MR) is 93.8 cm³/mol. The highest BCUT2D eigenvalue weighted by Gasteiger charge is 2.23. The number of anilines is 1. The maximum Gasteiger partial charge on any atom is 0.322 e. The summed E-state index contributed by atoms with van der Waals surface area (Å²) in [5.41, 5.74) is 2.24. The van der Waals surface area contributed by atoms with E-state index in [2.05, 4.69) is 16.4 Å². The molecule has 0 aliphatic carbocycles. The lowest BCUT2D eigenvalue weighted by molar-refractivity contribution is 0.0819. The molecule has 2 amide bonds. The summed E-state index contributed by atoms with van der Waals surface area (Å²) in [7, 11) is 0. The number of ether oxygens (including phenoxy) is 1. The van der Waals surface area contributed by atoms with Gasteiger partial charge in [0.25, 0.3) is 0 Å². The minimum absolute atomic E-state index is 0.0774. The Hall–Kier alpha value is -2.91. The molecule has 6 heteroatoms. The summed E-state index contributed by atoms with van der Waals surface area (Å²) in [6, 6.07) is 12.5. The van der Waals surface area contributed by atoms with Gasteiger partial charge in [-0.2, -0.15) is 5.26 Å². The quantitative estimate of drug-likeness (QED) is 0.909. The first kappa shape index (κ1) is 16.9. The summed E-state index contributed by atoms with van der Waals surface area (Å²) in [5, 5.41) is 11.8. The Bertz CT molecular complexity index is 734. The number of amides is 2. The van der Waals surface area contributed by atoms with E-state index >= 15 is 0 Å². The van der Waals surface area contributed by atoms with E-state index in [4.69, 9.17) is 10.00 Å². The van der Waals surface area contributed by atoms with Gasteiger partial charge in [-0.25, -0.2) is 4.79 Å². The van der Waals surface area contributed by atoms with Gasteiger partial charge in [-0.3, -0.25) is 4.98 Å². The van der Waals surface area contributed by atoms with Crippen molar-refractivity contribution in [2.75, 3.05) is 18.5 Å². The number of nitriles is 1. The van der Waals surface area contributed by atoms with Gasteiger partial charge in [0.2, 0.25) is 0 Å². The Balaban J connectivity index is 1.69. The van der Waals surface area contributed by atoms with Crippen molar-refractivity contribution in [3.63, 3.8) is 0 Å². The van der Waals surface area contributed by atoms with E-state index in [-0.39, 0.29) is 12.1 Å². The molecule has 1 fully saturated rings. The third-order valence-corrected chi connectivity index (χ3v) is 4.12. The molecule has 1 aromatic heterocycles. The molecular formula is C19H20N4O2. The van der Waals surface area contributed by atoms with E-state index in [1.54, 1.807) is 41.6 Å². The number of hydrogen-bond donors (Lipinski definition) is 1. The third kappa shape index (κ3) is 4.78. The van der Waals surface area contributed by atoms with Crippen molar-refractivity contribution in [2.24, 2.45) is 0 Å². The summed E-state index contributed by atoms with van der Waals surface area (Å²) in [6.45, 7) is 1.79. The smallest absolute Gasteiger partial charge is 0.322 e. The Morgan fingerprint density at radius 2 is 2.04 bits per heavy atom. The monoisotopic (exact) mass is 336 g/mol. The number of urea groups is 1. The number of carbonyl (C=O) groups is 1. The molecular weight excluding hydrogens is 316 g/mol. The average molecular weight is 336 g/mol. The molecule has 1 saturated heterocycles. The summed E-state index contributed by atoms with van der Waals surface area (Å²) in [5.74, 6) is 0. The fraction of sp³-hybridized carbons (Fsp3) is 0.316. The Morgan fingerprint density at radius 1 is 1.28 bits per heavy atom. The van der Waals surface area contributed by atoms with Crippen LogP contribution < -0.4 is 5.32 Å². The molecule has 0 radical (unpaired) electrons. The number of nitrogens with one attached hydrogen (secondary N) is 1. The summed E-state index contributed by atoms with van der Waals surface area (Å²) < 4.78 is 5.68. The van der Waals surface area contributed by atoms with E-state index in [1.807, 2.05) is 12.1 Å². The molecule has 1 N–H and O–H groups in total. The van der Waals surface area contributed by atoms with E-state index < -0.39 is 0 Å². The van der Waals surface area contributed by atoms with Crippen LogP contribution >= 0.6 is 0 Å². The van der Waals surface area contributed by atoms with E-state index in [0.717, 1.165) is 25.0 Å². The van der Waals surface area contributed by atoms with Gasteiger partial charge in [0.15, 0.2) is 0 Å². The normalized spacial score (nSPS) is 16.2. The van der Waals surface area contributed by atoms with Crippen LogP contribution in [0.4, 0.5) is 10.5 Å². The summed E-state index contributed by atoms with van der Waals surface area (Å²) in [6.07, 6.45) is 5.52. The highest BCUT2D eigenvalue weighted by atomic mass is 16.5. The van der Waals surface area contributed by atoms with Gasteiger partial charge in [-0.15, -0.1) is 0 Å². The number of carbonyl (C=O) groups excluding carboxylic acids is 1. The topological polar surface area (TPSA) is 78.3 Å². The third-order valence-electron chi connectivity index (χ3n) is 4.12. The number of benzene rings is 1. The molecule has 6 nitrogen and oxygen atoms in total. The van der Waals surface area contributed by atoms with Crippen LogP contribution in [0.15, 0.2) is 48.8 Å². The van der Waals surface area contributed by atoms with Gasteiger partial charge in [-0.05, 0) is 54.8 Å². The Labute approximate surface area is 147 Å². The molecule has 1 aliphatic rings. The van der Waals surface area contributed by atoms with Gasteiger partial charge in [0.1, 0.15) is 0 Å². The highest BCUT2D eigenvalue weighted by Crippen LogP contribution is 2.17. The number of aromatic nitrogens is 1. The van der Waals surface area contributed by atoms with Gasteiger partial charge < -0.3 is 15.0 Å². The molecule has 0 unspecified atom stereocenters. The standard InChI is InChI=1S/C19H20N4O2/c20-12-15-3-5-17(6-4-15)22-19(24)23(14-18-2-1-11-25-18)13-16-7-9-21-10-8-16/h3-10,18H,1-2,11,13-14H2,(H,22,24)/t18-/m0/s1. The highest BCUT2D eigenvalue weighted by molar-refractivity contribution is 5.89. The number of nitrogens with zero attached hydrogens (tertiary/aromatic N) is 3. The first-order valence-corrected chi connectivity index (χ1v) is 8.31. The molecule has 3 rings (SSSR count). The van der Waals surface area contributed by atoms with Crippen molar-refractivity contribution >= 4 is 11.7 Å². The van der Waals surface area contributed by atoms with E-state index in [1.165, 1.54) is 0 Å². The minimum Gasteiger partial charge on any atom is -0.376 e. The van der Waals surface area contributed by atoms with Crippen LogP contribution in [0, 0.1) is 11.3 Å². The SMILES string of the molecule is N#Cc1ccc(NC(=O)N(Cc2ccncc2)C[C@@H]2CCCO2)cc1. The summed E-state index contributed by atoms with van der Waals surface area (Å²) in [4.78, 5) is 18.5. The van der Waals surface area contributed by atoms with Crippen molar-refractivity contribution in [1.29, 1.82) is 5.26 Å². The fourth-order valence-corrected chi connectivity index (χ4v) is 2.79. The second-order valence-electron chi connectivity index (χ2n) is 5.99. The zero-order valence-corrected chi connectivity index (χ0v) is 13.9. The first-order valence-electron chi connectivity index (χ1n) is 8.31. The van der Waals surface area contributed by atoms with Crippen molar-refractivity contribution < 1.29 is 9.53 Å². The van der Waals surface area contributed by atoms with Crippen LogP contribution in [0.3, 0.4) is 0 Å². The second kappa shape index (κ2) is 8.27. The molecule has 1 atom stereocenters. The lowest BCUT2D eigenvalue weighted by atomic mass is 10.2. The lowest BCUT2D eigenvalue weighted by Gasteiger charge is -2.26. The minimum atomic E-state index is -0.183. The van der Waals surface area contributed by atoms with Crippen molar-refractivity contribution in [3.05, 3.63) is 59.9 Å². The van der Waals surface area contributed by atoms with Crippen LogP contribution in [0.25, 0.3) is 0 Å². The van der Waals surface area contributed by atoms with Gasteiger partial charge in [-0.1, -0.05) is 0 Å². The van der Waals surface area contributed by atoms with Crippen molar-refractivity contribution in [3.8, 4) is 6.07 Å². The van der Waals surface area contributed by atoms with Crippen LogP contribution in [-0.2, 0) is 11.3 Å². The van der Waals surface area contributed by atoms with Gasteiger partial charge >= 0.3 is 6.03 Å². The Kier molecular flexibility index (Phi) is 5.60. The largest absolute Gasteiger partial charge is 0.376 e. The van der Waals surface area contributed by atoms with E-state index in [0.29, 0.717) is 24.3 Å². The average Bonchev–Trinajstić information content (AvgIpc) is 3.16. The van der Waals surface area contributed by atoms with Crippen LogP contribution in [0.5, 0.6) is 0 Å². The van der Waals surface area contributed by atoms with Gasteiger partial charge in [0, 0.05) is 37.8 Å². The number of rotatable bonds is 5. The van der Waals surface area contributed by atoms with Crippen LogP contribution in [0.2, 0.25) is 0 Å². The molecule has 2 heterocycles. The van der Waals surface area contributed by atoms with E-state index in [9.17, 15) is 4.79 Å². The molecule has 1 aliphatic heterocycles. The molecule has 1 aromatic carbocycles. The molecule has 0 saturated carbocycles. The first-order chi connectivity index (χ1) is 12.2. The molecule has 0 bridgehead atoms. The fourth-order valence-electron chi connectivity index (χ4n) is 2.79.